The lowest BCUT2D eigenvalue weighted by molar-refractivity contribution is -0.152. The molecule has 3 aromatic rings. The molecule has 0 spiro atoms. The second-order valence-electron chi connectivity index (χ2n) is 8.81. The van der Waals surface area contributed by atoms with E-state index in [1.165, 1.54) is 13.3 Å². The zero-order valence-electron chi connectivity index (χ0n) is 19.1. The van der Waals surface area contributed by atoms with Crippen LogP contribution >= 0.6 is 0 Å². The lowest BCUT2D eigenvalue weighted by Crippen LogP contribution is -2.52. The molecule has 7 nitrogen and oxygen atoms in total. The summed E-state index contributed by atoms with van der Waals surface area (Å²) in [5.74, 6) is -0.0784. The molecule has 1 aromatic heterocycles. The number of nitrogens with one attached hydrogen (secondary N) is 1. The van der Waals surface area contributed by atoms with Gasteiger partial charge in [0.05, 0.1) is 42.8 Å². The normalized spacial score (nSPS) is 29.1. The maximum Gasteiger partial charge on any atom is 0.177 e. The zero-order valence-corrected chi connectivity index (χ0v) is 19.1. The Labute approximate surface area is 198 Å². The largest absolute Gasteiger partial charge is 0.495 e. The summed E-state index contributed by atoms with van der Waals surface area (Å²) in [5, 5.41) is 37.2. The van der Waals surface area contributed by atoms with Gasteiger partial charge in [-0.3, -0.25) is 4.98 Å². The third-order valence-corrected chi connectivity index (χ3v) is 7.25. The number of nitrogens with zero attached hydrogens (tertiary/aromatic N) is 2. The first kappa shape index (κ1) is 22.4. The molecule has 2 heterocycles. The number of benzene rings is 2. The van der Waals surface area contributed by atoms with Crippen LogP contribution < -0.4 is 14.8 Å². The van der Waals surface area contributed by atoms with Gasteiger partial charge in [0.1, 0.15) is 11.5 Å². The number of aliphatic hydroxyl groups excluding tert-OH is 1. The number of methoxy groups -OCH3 is 1. The van der Waals surface area contributed by atoms with Gasteiger partial charge in [-0.15, -0.1) is 0 Å². The van der Waals surface area contributed by atoms with E-state index in [0.717, 1.165) is 12.1 Å². The second-order valence-corrected chi connectivity index (χ2v) is 8.81. The minimum atomic E-state index is -1.83. The van der Waals surface area contributed by atoms with Crippen LogP contribution in [0.25, 0.3) is 0 Å². The van der Waals surface area contributed by atoms with Crippen molar-refractivity contribution in [3.8, 4) is 17.6 Å². The molecule has 0 saturated heterocycles. The van der Waals surface area contributed by atoms with Gasteiger partial charge in [-0.05, 0) is 29.8 Å². The Hall–Kier alpha value is -3.44. The third kappa shape index (κ3) is 2.90. The standard InChI is InChI=1S/C27H27N3O4/c1-3-29-14-20-23(18-7-5-4-6-8-18)27(19-11-9-17(13-28)10-12-19)26(32,25(20)31)24-21(33-2)15-30-16-22(24)34-27/h4-12,15-16,20,23,25,29,31-32H,3,14H2,1-2H3/t20-,23?,25-,26+,27?/m1/s1. The minimum Gasteiger partial charge on any atom is -0.495 e. The number of hydrogen-bond acceptors (Lipinski definition) is 7. The fraction of sp³-hybridized carbons (Fsp3) is 0.333. The number of nitriles is 1. The predicted molar refractivity (Wildman–Crippen MR) is 125 cm³/mol. The molecular formula is C27H27N3O4. The highest BCUT2D eigenvalue weighted by molar-refractivity contribution is 5.59. The van der Waals surface area contributed by atoms with Crippen LogP contribution in [0, 0.1) is 17.2 Å². The predicted octanol–water partition coefficient (Wildman–Crippen LogP) is 2.82. The quantitative estimate of drug-likeness (QED) is 0.522. The molecular weight excluding hydrogens is 430 g/mol. The highest BCUT2D eigenvalue weighted by Crippen LogP contribution is 2.69. The van der Waals surface area contributed by atoms with E-state index >= 15 is 0 Å². The Kier molecular flexibility index (Phi) is 5.53. The summed E-state index contributed by atoms with van der Waals surface area (Å²) < 4.78 is 12.3. The number of aliphatic hydroxyl groups is 2. The number of aromatic nitrogens is 1. The van der Waals surface area contributed by atoms with Crippen LogP contribution in [0.15, 0.2) is 67.0 Å². The van der Waals surface area contributed by atoms with Crippen molar-refractivity contribution in [1.82, 2.24) is 10.3 Å². The average molecular weight is 458 g/mol. The summed E-state index contributed by atoms with van der Waals surface area (Å²) >= 11 is 0. The molecule has 1 fully saturated rings. The van der Waals surface area contributed by atoms with E-state index in [1.807, 2.05) is 37.3 Å². The second kappa shape index (κ2) is 8.41. The van der Waals surface area contributed by atoms with Crippen LogP contribution in [0.1, 0.15) is 35.1 Å². The van der Waals surface area contributed by atoms with E-state index in [4.69, 9.17) is 9.47 Å². The summed E-state index contributed by atoms with van der Waals surface area (Å²) in [7, 11) is 1.51. The Morgan fingerprint density at radius 3 is 2.53 bits per heavy atom. The van der Waals surface area contributed by atoms with Crippen molar-refractivity contribution in [2.75, 3.05) is 20.2 Å². The Bertz CT molecular complexity index is 1230. The van der Waals surface area contributed by atoms with Crippen LogP contribution in [-0.2, 0) is 11.2 Å². The van der Waals surface area contributed by atoms with E-state index in [9.17, 15) is 15.5 Å². The van der Waals surface area contributed by atoms with Gasteiger partial charge in [-0.1, -0.05) is 49.4 Å². The van der Waals surface area contributed by atoms with E-state index in [1.54, 1.807) is 30.5 Å². The van der Waals surface area contributed by atoms with Crippen molar-refractivity contribution in [2.45, 2.75) is 30.1 Å². The van der Waals surface area contributed by atoms with E-state index in [2.05, 4.69) is 16.4 Å². The number of fused-ring (bicyclic) bond motifs is 3. The number of pyridine rings is 1. The lowest BCUT2D eigenvalue weighted by atomic mass is 9.70. The SMILES string of the molecule is CCNC[C@@H]1C(c2ccccc2)C2(c3ccc(C#N)cc3)Oc3cncc(OC)c3[C@]2(O)[C@@H]1O. The molecule has 0 bridgehead atoms. The first-order valence-corrected chi connectivity index (χ1v) is 11.4. The monoisotopic (exact) mass is 457 g/mol. The van der Waals surface area contributed by atoms with Gasteiger partial charge < -0.3 is 25.0 Å². The van der Waals surface area contributed by atoms with Crippen LogP contribution in [0.3, 0.4) is 0 Å². The van der Waals surface area contributed by atoms with Gasteiger partial charge in [0.2, 0.25) is 0 Å². The first-order chi connectivity index (χ1) is 16.5. The van der Waals surface area contributed by atoms with Gasteiger partial charge in [0, 0.05) is 18.4 Å². The van der Waals surface area contributed by atoms with Gasteiger partial charge in [-0.25, -0.2) is 0 Å². The summed E-state index contributed by atoms with van der Waals surface area (Å²) in [4.78, 5) is 4.23. The Morgan fingerprint density at radius 2 is 1.88 bits per heavy atom. The third-order valence-electron chi connectivity index (χ3n) is 7.25. The maximum atomic E-state index is 12.6. The molecule has 2 aliphatic rings. The summed E-state index contributed by atoms with van der Waals surface area (Å²) in [6.45, 7) is 3.20. The number of hydrogen-bond donors (Lipinski definition) is 3. The highest BCUT2D eigenvalue weighted by atomic mass is 16.5. The van der Waals surface area contributed by atoms with Crippen LogP contribution in [0.4, 0.5) is 0 Å². The molecule has 2 aromatic carbocycles. The Morgan fingerprint density at radius 1 is 1.15 bits per heavy atom. The van der Waals surface area contributed by atoms with Gasteiger partial charge in [-0.2, -0.15) is 5.26 Å². The smallest absolute Gasteiger partial charge is 0.177 e. The molecule has 1 saturated carbocycles. The van der Waals surface area contributed by atoms with Crippen LogP contribution in [-0.4, -0.2) is 41.5 Å². The summed E-state index contributed by atoms with van der Waals surface area (Å²) in [6, 6.07) is 19.0. The maximum absolute atomic E-state index is 12.6. The lowest BCUT2D eigenvalue weighted by Gasteiger charge is -2.41. The number of rotatable bonds is 6. The first-order valence-electron chi connectivity index (χ1n) is 11.4. The minimum absolute atomic E-state index is 0.352. The topological polar surface area (TPSA) is 108 Å². The molecule has 5 atom stereocenters. The molecule has 0 radical (unpaired) electrons. The van der Waals surface area contributed by atoms with Crippen molar-refractivity contribution < 1.29 is 19.7 Å². The summed E-state index contributed by atoms with van der Waals surface area (Å²) in [5.41, 5.74) is -0.714. The number of ether oxygens (including phenoxy) is 2. The molecule has 1 aliphatic carbocycles. The van der Waals surface area contributed by atoms with E-state index in [0.29, 0.717) is 34.7 Å². The molecule has 3 N–H and O–H groups in total. The van der Waals surface area contributed by atoms with Gasteiger partial charge >= 0.3 is 0 Å². The fourth-order valence-electron chi connectivity index (χ4n) is 5.86. The van der Waals surface area contributed by atoms with Crippen LogP contribution in [0.2, 0.25) is 0 Å². The van der Waals surface area contributed by atoms with Crippen molar-refractivity contribution in [2.24, 2.45) is 5.92 Å². The fourth-order valence-corrected chi connectivity index (χ4v) is 5.86. The molecule has 174 valence electrons. The molecule has 1 aliphatic heterocycles. The molecule has 5 rings (SSSR count). The van der Waals surface area contributed by atoms with Gasteiger partial charge in [0.15, 0.2) is 11.2 Å². The van der Waals surface area contributed by atoms with Crippen LogP contribution in [0.5, 0.6) is 11.5 Å². The van der Waals surface area contributed by atoms with Crippen molar-refractivity contribution in [3.05, 3.63) is 89.2 Å². The van der Waals surface area contributed by atoms with Crippen molar-refractivity contribution in [1.29, 1.82) is 5.26 Å². The average Bonchev–Trinajstić information content (AvgIpc) is 3.26. The zero-order chi connectivity index (χ0) is 23.9. The molecule has 34 heavy (non-hydrogen) atoms. The van der Waals surface area contributed by atoms with Crippen molar-refractivity contribution in [3.63, 3.8) is 0 Å². The van der Waals surface area contributed by atoms with E-state index in [-0.39, 0.29) is 5.92 Å². The van der Waals surface area contributed by atoms with E-state index < -0.39 is 23.2 Å². The van der Waals surface area contributed by atoms with Gasteiger partial charge in [0.25, 0.3) is 0 Å². The molecule has 2 unspecified atom stereocenters. The molecule has 0 amide bonds. The molecule has 7 heteroatoms. The Balaban J connectivity index is 1.83. The highest BCUT2D eigenvalue weighted by Gasteiger charge is 2.76. The van der Waals surface area contributed by atoms with Crippen molar-refractivity contribution >= 4 is 0 Å². The summed E-state index contributed by atoms with van der Waals surface area (Å²) in [6.07, 6.45) is 1.90.